The predicted molar refractivity (Wildman–Crippen MR) is 106 cm³/mol. The second kappa shape index (κ2) is 7.82. The van der Waals surface area contributed by atoms with Crippen LogP contribution in [-0.2, 0) is 24.3 Å². The van der Waals surface area contributed by atoms with Gasteiger partial charge in [-0.3, -0.25) is 4.79 Å². The molecule has 4 rings (SSSR count). The summed E-state index contributed by atoms with van der Waals surface area (Å²) in [6.45, 7) is 4.20. The van der Waals surface area contributed by atoms with Crippen LogP contribution in [0.3, 0.4) is 0 Å². The van der Waals surface area contributed by atoms with Gasteiger partial charge in [0.05, 0.1) is 17.6 Å². The summed E-state index contributed by atoms with van der Waals surface area (Å²) in [5.74, 6) is 1.99. The highest BCUT2D eigenvalue weighted by molar-refractivity contribution is 5.80. The molecule has 0 saturated carbocycles. The molecule has 1 aliphatic rings. The van der Waals surface area contributed by atoms with E-state index in [9.17, 15) is 4.79 Å². The number of hydrogen-bond donors (Lipinski definition) is 1. The molecule has 27 heavy (non-hydrogen) atoms. The zero-order chi connectivity index (χ0) is 18.6. The van der Waals surface area contributed by atoms with Gasteiger partial charge in [0.2, 0.25) is 5.91 Å². The number of ether oxygens (including phenoxy) is 1. The van der Waals surface area contributed by atoms with Crippen molar-refractivity contribution in [3.63, 3.8) is 0 Å². The Morgan fingerprint density at radius 1 is 1.22 bits per heavy atom. The van der Waals surface area contributed by atoms with E-state index >= 15 is 0 Å². The number of carbonyl (C=O) groups excluding carboxylic acids is 1. The molecule has 1 unspecified atom stereocenters. The van der Waals surface area contributed by atoms with Crippen LogP contribution in [0.5, 0.6) is 5.75 Å². The fourth-order valence-electron chi connectivity index (χ4n) is 3.62. The first kappa shape index (κ1) is 17.6. The second-order valence-corrected chi connectivity index (χ2v) is 7.07. The Labute approximate surface area is 159 Å². The zero-order valence-corrected chi connectivity index (χ0v) is 15.6. The van der Waals surface area contributed by atoms with Gasteiger partial charge in [0.15, 0.2) is 0 Å². The fraction of sp³-hybridized carbons (Fsp3) is 0.364. The number of rotatable bonds is 6. The number of carbonyl (C=O) groups is 1. The van der Waals surface area contributed by atoms with E-state index in [1.807, 2.05) is 42.5 Å². The van der Waals surface area contributed by atoms with E-state index in [1.165, 1.54) is 0 Å². The first-order valence-electron chi connectivity index (χ1n) is 9.68. The lowest BCUT2D eigenvalue weighted by Crippen LogP contribution is -2.35. The molecule has 0 aliphatic carbocycles. The van der Waals surface area contributed by atoms with Gasteiger partial charge in [-0.05, 0) is 42.7 Å². The van der Waals surface area contributed by atoms with Crippen LogP contribution < -0.4 is 10.1 Å². The number of nitrogens with one attached hydrogen (secondary N) is 1. The lowest BCUT2D eigenvalue weighted by Gasteiger charge is -2.23. The molecule has 1 amide bonds. The number of aryl methyl sites for hydroxylation is 1. The number of amides is 1. The summed E-state index contributed by atoms with van der Waals surface area (Å²) in [5, 5.41) is 3.08. The van der Waals surface area contributed by atoms with Gasteiger partial charge in [0.1, 0.15) is 11.6 Å². The van der Waals surface area contributed by atoms with Crippen molar-refractivity contribution in [3.8, 4) is 5.75 Å². The van der Waals surface area contributed by atoms with Gasteiger partial charge < -0.3 is 14.6 Å². The lowest BCUT2D eigenvalue weighted by atomic mass is 9.96. The van der Waals surface area contributed by atoms with Crippen molar-refractivity contribution in [1.82, 2.24) is 14.9 Å². The number of imidazole rings is 1. The zero-order valence-electron chi connectivity index (χ0n) is 15.6. The fourth-order valence-corrected chi connectivity index (χ4v) is 3.62. The maximum Gasteiger partial charge on any atom is 0.223 e. The maximum absolute atomic E-state index is 12.6. The van der Waals surface area contributed by atoms with Crippen molar-refractivity contribution in [1.29, 1.82) is 0 Å². The van der Waals surface area contributed by atoms with Crippen LogP contribution in [0.4, 0.5) is 0 Å². The minimum atomic E-state index is -0.0125. The van der Waals surface area contributed by atoms with Crippen molar-refractivity contribution >= 4 is 16.9 Å². The van der Waals surface area contributed by atoms with Crippen LogP contribution in [0.25, 0.3) is 11.0 Å². The van der Waals surface area contributed by atoms with Gasteiger partial charge >= 0.3 is 0 Å². The van der Waals surface area contributed by atoms with Gasteiger partial charge in [-0.25, -0.2) is 4.98 Å². The number of hydrogen-bond acceptors (Lipinski definition) is 3. The van der Waals surface area contributed by atoms with Crippen molar-refractivity contribution in [2.24, 2.45) is 5.92 Å². The molecule has 3 aromatic rings. The molecular formula is C22H25N3O2. The van der Waals surface area contributed by atoms with Gasteiger partial charge in [-0.2, -0.15) is 0 Å². The Morgan fingerprint density at radius 3 is 2.85 bits per heavy atom. The molecule has 1 aromatic heterocycles. The highest BCUT2D eigenvalue weighted by atomic mass is 16.5. The Balaban J connectivity index is 1.35. The first-order valence-corrected chi connectivity index (χ1v) is 9.68. The van der Waals surface area contributed by atoms with E-state index in [2.05, 4.69) is 22.9 Å². The molecular weight excluding hydrogens is 338 g/mol. The van der Waals surface area contributed by atoms with Crippen molar-refractivity contribution in [2.75, 3.05) is 6.61 Å². The molecule has 0 saturated heterocycles. The normalized spacial score (nSPS) is 16.1. The summed E-state index contributed by atoms with van der Waals surface area (Å²) in [6.07, 6.45) is 2.54. The minimum absolute atomic E-state index is 0.0125. The molecule has 5 nitrogen and oxygen atoms in total. The summed E-state index contributed by atoms with van der Waals surface area (Å²) in [7, 11) is 0. The number of para-hydroxylation sites is 2. The predicted octanol–water partition coefficient (Wildman–Crippen LogP) is 3.70. The Hall–Kier alpha value is -2.82. The van der Waals surface area contributed by atoms with E-state index in [0.29, 0.717) is 13.0 Å². The standard InChI is InChI=1S/C22H25N3O2/c1-2-13-27-18-9-7-16(8-10-18)15-23-22(26)17-11-12-25-20-6-4-3-5-19(20)24-21(25)14-17/h3-10,17H,2,11-15H2,1H3,(H,23,26). The summed E-state index contributed by atoms with van der Waals surface area (Å²) in [5.41, 5.74) is 3.26. The Kier molecular flexibility index (Phi) is 5.10. The Morgan fingerprint density at radius 2 is 2.04 bits per heavy atom. The minimum Gasteiger partial charge on any atom is -0.494 e. The van der Waals surface area contributed by atoms with Crippen molar-refractivity contribution in [2.45, 2.75) is 39.3 Å². The van der Waals surface area contributed by atoms with Crippen molar-refractivity contribution < 1.29 is 9.53 Å². The molecule has 0 bridgehead atoms. The molecule has 0 radical (unpaired) electrons. The lowest BCUT2D eigenvalue weighted by molar-refractivity contribution is -0.125. The maximum atomic E-state index is 12.6. The van der Waals surface area contributed by atoms with E-state index in [1.54, 1.807) is 0 Å². The second-order valence-electron chi connectivity index (χ2n) is 7.07. The number of aromatic nitrogens is 2. The van der Waals surface area contributed by atoms with Crippen LogP contribution in [0.15, 0.2) is 48.5 Å². The van der Waals surface area contributed by atoms with E-state index in [-0.39, 0.29) is 11.8 Å². The highest BCUT2D eigenvalue weighted by Gasteiger charge is 2.26. The van der Waals surface area contributed by atoms with Crippen LogP contribution in [0.1, 0.15) is 31.2 Å². The average molecular weight is 363 g/mol. The third-order valence-corrected chi connectivity index (χ3v) is 5.10. The van der Waals surface area contributed by atoms with Gasteiger partial charge in [0.25, 0.3) is 0 Å². The number of benzene rings is 2. The van der Waals surface area contributed by atoms with Crippen LogP contribution >= 0.6 is 0 Å². The molecule has 2 heterocycles. The number of nitrogens with zero attached hydrogens (tertiary/aromatic N) is 2. The quantitative estimate of drug-likeness (QED) is 0.726. The van der Waals surface area contributed by atoms with Crippen LogP contribution in [-0.4, -0.2) is 22.1 Å². The van der Waals surface area contributed by atoms with Gasteiger partial charge in [0, 0.05) is 25.4 Å². The molecule has 140 valence electrons. The average Bonchev–Trinajstić information content (AvgIpc) is 3.09. The molecule has 0 fully saturated rings. The molecule has 1 N–H and O–H groups in total. The first-order chi connectivity index (χ1) is 13.2. The number of fused-ring (bicyclic) bond motifs is 3. The molecule has 2 aromatic carbocycles. The van der Waals surface area contributed by atoms with E-state index in [4.69, 9.17) is 9.72 Å². The monoisotopic (exact) mass is 363 g/mol. The summed E-state index contributed by atoms with van der Waals surface area (Å²) in [4.78, 5) is 17.3. The highest BCUT2D eigenvalue weighted by Crippen LogP contribution is 2.25. The van der Waals surface area contributed by atoms with Gasteiger partial charge in [-0.15, -0.1) is 0 Å². The molecule has 5 heteroatoms. The van der Waals surface area contributed by atoms with Gasteiger partial charge in [-0.1, -0.05) is 31.2 Å². The van der Waals surface area contributed by atoms with Crippen LogP contribution in [0.2, 0.25) is 0 Å². The van der Waals surface area contributed by atoms with Crippen LogP contribution in [0, 0.1) is 5.92 Å². The SMILES string of the molecule is CCCOc1ccc(CNC(=O)C2CCn3c(nc4ccccc43)C2)cc1. The molecule has 1 atom stereocenters. The van der Waals surface area contributed by atoms with Crippen molar-refractivity contribution in [3.05, 3.63) is 59.9 Å². The smallest absolute Gasteiger partial charge is 0.223 e. The van der Waals surface area contributed by atoms with E-state index < -0.39 is 0 Å². The topological polar surface area (TPSA) is 56.1 Å². The largest absolute Gasteiger partial charge is 0.494 e. The summed E-state index contributed by atoms with van der Waals surface area (Å²) in [6, 6.07) is 16.1. The molecule has 0 spiro atoms. The molecule has 1 aliphatic heterocycles. The Bertz CT molecular complexity index is 930. The third kappa shape index (κ3) is 3.82. The third-order valence-electron chi connectivity index (χ3n) is 5.10. The summed E-state index contributed by atoms with van der Waals surface area (Å²) >= 11 is 0. The summed E-state index contributed by atoms with van der Waals surface area (Å²) < 4.78 is 7.84. The van der Waals surface area contributed by atoms with E-state index in [0.717, 1.165) is 54.2 Å².